The molecule has 0 aliphatic heterocycles. The Balaban J connectivity index is 2.04. The predicted octanol–water partition coefficient (Wildman–Crippen LogP) is 0.320. The Morgan fingerprint density at radius 1 is 1.43 bits per heavy atom. The molecule has 4 N–H and O–H groups in total. The summed E-state index contributed by atoms with van der Waals surface area (Å²) in [6.07, 6.45) is 0.823. The number of anilines is 1. The first-order valence-electron chi connectivity index (χ1n) is 8.71. The van der Waals surface area contributed by atoms with E-state index in [-0.39, 0.29) is 36.9 Å². The van der Waals surface area contributed by atoms with Gasteiger partial charge in [0.25, 0.3) is 5.56 Å². The van der Waals surface area contributed by atoms with Crippen molar-refractivity contribution >= 4 is 24.7 Å². The largest absolute Gasteiger partial charge is 0.385 e. The second-order valence-corrected chi connectivity index (χ2v) is 7.71. The average Bonchev–Trinajstić information content (AvgIpc) is 3.04. The number of nitrogens with zero attached hydrogens (tertiary/aromatic N) is 3. The Hall–Kier alpha value is -1.82. The van der Waals surface area contributed by atoms with Gasteiger partial charge in [-0.1, -0.05) is 0 Å². The van der Waals surface area contributed by atoms with Crippen LogP contribution in [0.4, 0.5) is 5.95 Å². The number of aromatic nitrogens is 4. The van der Waals surface area contributed by atoms with Crippen LogP contribution in [0.2, 0.25) is 0 Å². The summed E-state index contributed by atoms with van der Waals surface area (Å²) in [5, 5.41) is 0. The zero-order valence-electron chi connectivity index (χ0n) is 15.9. The van der Waals surface area contributed by atoms with E-state index in [0.29, 0.717) is 19.6 Å². The van der Waals surface area contributed by atoms with Gasteiger partial charge in [-0.25, -0.2) is 4.98 Å². The highest BCUT2D eigenvalue weighted by Crippen LogP contribution is 2.42. The van der Waals surface area contributed by atoms with E-state index in [1.165, 1.54) is 13.4 Å². The lowest BCUT2D eigenvalue weighted by Gasteiger charge is -2.20. The lowest BCUT2D eigenvalue weighted by Crippen LogP contribution is -2.26. The van der Waals surface area contributed by atoms with Crippen LogP contribution >= 0.6 is 7.60 Å². The Labute approximate surface area is 161 Å². The molecule has 2 heterocycles. The van der Waals surface area contributed by atoms with E-state index in [4.69, 9.17) is 24.5 Å². The highest BCUT2D eigenvalue weighted by molar-refractivity contribution is 7.52. The molecular weight excluding hydrogens is 393 g/mol. The fourth-order valence-electron chi connectivity index (χ4n) is 2.37. The van der Waals surface area contributed by atoms with Gasteiger partial charge in [-0.15, -0.1) is 0 Å². The van der Waals surface area contributed by atoms with Crippen LogP contribution in [0.3, 0.4) is 0 Å². The summed E-state index contributed by atoms with van der Waals surface area (Å²) in [7, 11) is -2.38. The standard InChI is InChI=1S/C15H26N5O7P/c1-3-25-8-11(26-10-28(22,23)27-6-4-5-24-2)7-20-9-17-12-13(20)18-15(16)19-14(12)21/h9,11H,3-8,10H2,1-2H3,(H,22,23)(H3,16,18,19,21). The molecule has 0 aliphatic rings. The quantitative estimate of drug-likeness (QED) is 0.304. The van der Waals surface area contributed by atoms with E-state index < -0.39 is 25.6 Å². The molecule has 0 radical (unpaired) electrons. The van der Waals surface area contributed by atoms with Crippen molar-refractivity contribution in [1.29, 1.82) is 0 Å². The molecule has 0 spiro atoms. The van der Waals surface area contributed by atoms with Crippen LogP contribution in [0.15, 0.2) is 11.1 Å². The number of rotatable bonds is 13. The van der Waals surface area contributed by atoms with Gasteiger partial charge < -0.3 is 33.9 Å². The minimum absolute atomic E-state index is 0.0363. The number of methoxy groups -OCH3 is 1. The molecule has 0 saturated heterocycles. The van der Waals surface area contributed by atoms with Crippen molar-refractivity contribution in [3.63, 3.8) is 0 Å². The second kappa shape index (κ2) is 10.6. The Kier molecular flexibility index (Phi) is 8.55. The molecule has 0 saturated carbocycles. The van der Waals surface area contributed by atoms with E-state index in [9.17, 15) is 14.3 Å². The van der Waals surface area contributed by atoms with Crippen molar-refractivity contribution in [3.05, 3.63) is 16.7 Å². The summed E-state index contributed by atoms with van der Waals surface area (Å²) < 4.78 is 34.5. The molecule has 0 amide bonds. The van der Waals surface area contributed by atoms with Gasteiger partial charge in [-0.05, 0) is 13.3 Å². The SMILES string of the molecule is CCOCC(Cn1cnc2c(=O)[nH]c(N)nc21)OCP(=O)(O)OCCCOC. The number of nitrogens with two attached hydrogens (primary N) is 1. The fourth-order valence-corrected chi connectivity index (χ4v) is 3.26. The summed E-state index contributed by atoms with van der Waals surface area (Å²) in [6.45, 7) is 3.13. The number of hydrogen-bond donors (Lipinski definition) is 3. The maximum Gasteiger partial charge on any atom is 0.353 e. The van der Waals surface area contributed by atoms with Crippen LogP contribution in [0.25, 0.3) is 11.2 Å². The third-order valence-electron chi connectivity index (χ3n) is 3.66. The highest BCUT2D eigenvalue weighted by Gasteiger charge is 2.23. The van der Waals surface area contributed by atoms with Gasteiger partial charge in [-0.3, -0.25) is 14.3 Å². The smallest absolute Gasteiger partial charge is 0.353 e. The molecule has 2 aromatic heterocycles. The lowest BCUT2D eigenvalue weighted by molar-refractivity contribution is -0.00976. The number of nitrogens with one attached hydrogen (secondary N) is 1. The summed E-state index contributed by atoms with van der Waals surface area (Å²) in [5.74, 6) is -0.0363. The molecule has 28 heavy (non-hydrogen) atoms. The second-order valence-electron chi connectivity index (χ2n) is 5.91. The van der Waals surface area contributed by atoms with Gasteiger partial charge in [0.2, 0.25) is 5.95 Å². The number of imidazole rings is 1. The molecule has 2 rings (SSSR count). The molecule has 0 fully saturated rings. The summed E-state index contributed by atoms with van der Waals surface area (Å²) >= 11 is 0. The van der Waals surface area contributed by atoms with Crippen LogP contribution in [0, 0.1) is 0 Å². The third-order valence-corrected chi connectivity index (χ3v) is 4.72. The number of H-pyrrole nitrogens is 1. The molecule has 2 unspecified atom stereocenters. The van der Waals surface area contributed by atoms with Gasteiger partial charge in [-0.2, -0.15) is 4.98 Å². The molecule has 2 atom stereocenters. The zero-order chi connectivity index (χ0) is 20.6. The predicted molar refractivity (Wildman–Crippen MR) is 101 cm³/mol. The summed E-state index contributed by atoms with van der Waals surface area (Å²) in [4.78, 5) is 32.2. The molecule has 0 aromatic carbocycles. The third kappa shape index (κ3) is 6.66. The van der Waals surface area contributed by atoms with Crippen LogP contribution in [-0.2, 0) is 29.8 Å². The van der Waals surface area contributed by atoms with E-state index in [1.807, 2.05) is 6.92 Å². The van der Waals surface area contributed by atoms with Gasteiger partial charge in [0.1, 0.15) is 6.35 Å². The Morgan fingerprint density at radius 3 is 2.93 bits per heavy atom. The number of fused-ring (bicyclic) bond motifs is 1. The fraction of sp³-hybridized carbons (Fsp3) is 0.667. The first-order chi connectivity index (χ1) is 13.4. The van der Waals surface area contributed by atoms with Crippen molar-refractivity contribution in [3.8, 4) is 0 Å². The molecule has 12 nitrogen and oxygen atoms in total. The highest BCUT2D eigenvalue weighted by atomic mass is 31.2. The molecule has 158 valence electrons. The molecule has 0 bridgehead atoms. The first kappa shape index (κ1) is 22.5. The average molecular weight is 419 g/mol. The lowest BCUT2D eigenvalue weighted by atomic mass is 10.3. The number of aromatic amines is 1. The normalized spacial score (nSPS) is 15.0. The van der Waals surface area contributed by atoms with Crippen molar-refractivity contribution in [2.45, 2.75) is 26.0 Å². The van der Waals surface area contributed by atoms with E-state index in [0.717, 1.165) is 0 Å². The molecule has 2 aromatic rings. The minimum Gasteiger partial charge on any atom is -0.385 e. The molecular formula is C15H26N5O7P. The van der Waals surface area contributed by atoms with E-state index in [1.54, 1.807) is 4.57 Å². The van der Waals surface area contributed by atoms with Gasteiger partial charge in [0, 0.05) is 20.3 Å². The van der Waals surface area contributed by atoms with Crippen LogP contribution in [0.5, 0.6) is 0 Å². The van der Waals surface area contributed by atoms with Crippen molar-refractivity contribution in [1.82, 2.24) is 19.5 Å². The van der Waals surface area contributed by atoms with Crippen molar-refractivity contribution < 1.29 is 28.2 Å². The molecule has 0 aliphatic carbocycles. The van der Waals surface area contributed by atoms with Crippen LogP contribution < -0.4 is 11.3 Å². The van der Waals surface area contributed by atoms with Crippen molar-refractivity contribution in [2.24, 2.45) is 0 Å². The maximum atomic E-state index is 12.1. The Morgan fingerprint density at radius 2 is 2.21 bits per heavy atom. The van der Waals surface area contributed by atoms with Crippen molar-refractivity contribution in [2.75, 3.05) is 45.6 Å². The zero-order valence-corrected chi connectivity index (χ0v) is 16.8. The van der Waals surface area contributed by atoms with E-state index in [2.05, 4.69) is 15.0 Å². The molecule has 13 heteroatoms. The number of hydrogen-bond acceptors (Lipinski definition) is 9. The van der Waals surface area contributed by atoms with E-state index >= 15 is 0 Å². The van der Waals surface area contributed by atoms with Gasteiger partial charge in [0.05, 0.1) is 32.2 Å². The Bertz CT molecular complexity index is 855. The minimum atomic E-state index is -3.92. The number of ether oxygens (including phenoxy) is 3. The van der Waals surface area contributed by atoms with Crippen LogP contribution in [0.1, 0.15) is 13.3 Å². The number of nitrogen functional groups attached to an aromatic ring is 1. The van der Waals surface area contributed by atoms with Crippen LogP contribution in [-0.4, -0.2) is 70.4 Å². The topological polar surface area (TPSA) is 164 Å². The first-order valence-corrected chi connectivity index (χ1v) is 10.5. The van der Waals surface area contributed by atoms with Gasteiger partial charge >= 0.3 is 7.60 Å². The summed E-state index contributed by atoms with van der Waals surface area (Å²) in [6, 6.07) is 0. The maximum absolute atomic E-state index is 12.1. The summed E-state index contributed by atoms with van der Waals surface area (Å²) in [5.41, 5.74) is 5.56. The monoisotopic (exact) mass is 419 g/mol. The van der Waals surface area contributed by atoms with Gasteiger partial charge in [0.15, 0.2) is 11.2 Å².